The number of nitro benzene ring substituents is 1. The number of quaternary nitrogens is 1. The molecule has 6 heteroatoms. The van der Waals surface area contributed by atoms with Crippen molar-refractivity contribution in [2.24, 2.45) is 5.10 Å². The van der Waals surface area contributed by atoms with Gasteiger partial charge in [-0.15, -0.1) is 0 Å². The van der Waals surface area contributed by atoms with Crippen molar-refractivity contribution in [3.05, 3.63) is 81.9 Å². The number of nitrogens with zero attached hydrogens (tertiary/aromatic N) is 3. The van der Waals surface area contributed by atoms with Gasteiger partial charge in [-0.1, -0.05) is 42.5 Å². The molecule has 1 heterocycles. The van der Waals surface area contributed by atoms with Gasteiger partial charge in [-0.3, -0.25) is 15.1 Å². The lowest BCUT2D eigenvalue weighted by molar-refractivity contribution is -0.918. The van der Waals surface area contributed by atoms with E-state index in [2.05, 4.69) is 34.4 Å². The van der Waals surface area contributed by atoms with Gasteiger partial charge in [-0.25, -0.2) is 0 Å². The number of benzene rings is 2. The average Bonchev–Trinajstić information content (AvgIpc) is 2.67. The van der Waals surface area contributed by atoms with Gasteiger partial charge in [0, 0.05) is 17.8 Å². The summed E-state index contributed by atoms with van der Waals surface area (Å²) in [6.45, 7) is 4.99. The van der Waals surface area contributed by atoms with Crippen LogP contribution in [0.4, 0.5) is 5.69 Å². The molecule has 1 saturated heterocycles. The van der Waals surface area contributed by atoms with Crippen LogP contribution in [0.25, 0.3) is 6.08 Å². The molecule has 1 aliphatic rings. The number of allylic oxidation sites excluding steroid dienone is 1. The predicted molar refractivity (Wildman–Crippen MR) is 103 cm³/mol. The molecule has 0 bridgehead atoms. The van der Waals surface area contributed by atoms with Gasteiger partial charge in [0.1, 0.15) is 6.54 Å². The molecule has 1 fully saturated rings. The molecule has 6 nitrogen and oxygen atoms in total. The van der Waals surface area contributed by atoms with Gasteiger partial charge in [0.25, 0.3) is 5.69 Å². The minimum atomic E-state index is -0.369. The van der Waals surface area contributed by atoms with Crippen molar-refractivity contribution in [2.75, 3.05) is 26.2 Å². The molecule has 2 aromatic carbocycles. The molecule has 0 saturated carbocycles. The third-order valence-electron chi connectivity index (χ3n) is 4.47. The molecule has 0 unspecified atom stereocenters. The van der Waals surface area contributed by atoms with Crippen molar-refractivity contribution in [3.63, 3.8) is 0 Å². The molecule has 0 amide bonds. The number of hydrogen-bond donors (Lipinski definition) is 1. The molecule has 134 valence electrons. The highest BCUT2D eigenvalue weighted by Crippen LogP contribution is 2.18. The molecule has 0 atom stereocenters. The summed E-state index contributed by atoms with van der Waals surface area (Å²) in [5.41, 5.74) is 2.06. The molecule has 26 heavy (non-hydrogen) atoms. The Kier molecular flexibility index (Phi) is 6.11. The molecular formula is C20H23N4O2+. The molecule has 0 radical (unpaired) electrons. The number of para-hydroxylation sites is 1. The topological polar surface area (TPSA) is 63.2 Å². The van der Waals surface area contributed by atoms with Crippen LogP contribution in [0.15, 0.2) is 65.8 Å². The van der Waals surface area contributed by atoms with Gasteiger partial charge < -0.3 is 4.90 Å². The Labute approximate surface area is 153 Å². The second kappa shape index (κ2) is 8.92. The van der Waals surface area contributed by atoms with E-state index >= 15 is 0 Å². The van der Waals surface area contributed by atoms with E-state index in [1.807, 2.05) is 6.07 Å². The van der Waals surface area contributed by atoms with Crippen molar-refractivity contribution < 1.29 is 9.82 Å². The number of nitro groups is 1. The maximum absolute atomic E-state index is 11.0. The summed E-state index contributed by atoms with van der Waals surface area (Å²) in [5, 5.41) is 17.5. The van der Waals surface area contributed by atoms with Gasteiger partial charge in [-0.05, 0) is 18.2 Å². The standard InChI is InChI=1S/C20H22N4O2/c25-24(26)20-11-5-4-9-19(20)10-6-12-21-23-15-13-22(14-16-23)17-18-7-2-1-3-8-18/h1-12H,13-17H2/p+1/b10-6-,21-12-. The summed E-state index contributed by atoms with van der Waals surface area (Å²) < 4.78 is 0. The van der Waals surface area contributed by atoms with Gasteiger partial charge in [-0.2, -0.15) is 5.10 Å². The number of hydrogen-bond acceptors (Lipinski definition) is 4. The third-order valence-corrected chi connectivity index (χ3v) is 4.47. The molecule has 2 aromatic rings. The quantitative estimate of drug-likeness (QED) is 0.492. The summed E-state index contributed by atoms with van der Waals surface area (Å²) >= 11 is 0. The molecular weight excluding hydrogens is 328 g/mol. The van der Waals surface area contributed by atoms with E-state index < -0.39 is 0 Å². The van der Waals surface area contributed by atoms with Crippen LogP contribution in [0.2, 0.25) is 0 Å². The number of nitrogens with one attached hydrogen (secondary N) is 1. The van der Waals surface area contributed by atoms with Gasteiger partial charge >= 0.3 is 0 Å². The van der Waals surface area contributed by atoms with Crippen molar-refractivity contribution in [1.29, 1.82) is 0 Å². The molecule has 0 spiro atoms. The fraction of sp³-hybridized carbons (Fsp3) is 0.250. The fourth-order valence-electron chi connectivity index (χ4n) is 3.06. The normalized spacial score (nSPS) is 15.8. The zero-order chi connectivity index (χ0) is 18.2. The van der Waals surface area contributed by atoms with Crippen molar-refractivity contribution >= 4 is 18.0 Å². The Morgan fingerprint density at radius 3 is 2.50 bits per heavy atom. The number of rotatable bonds is 6. The summed E-state index contributed by atoms with van der Waals surface area (Å²) in [7, 11) is 0. The number of hydrazone groups is 1. The van der Waals surface area contributed by atoms with Gasteiger partial charge in [0.2, 0.25) is 0 Å². The summed E-state index contributed by atoms with van der Waals surface area (Å²) in [6.07, 6.45) is 5.18. The van der Waals surface area contributed by atoms with Crippen LogP contribution < -0.4 is 4.90 Å². The van der Waals surface area contributed by atoms with E-state index in [1.165, 1.54) is 11.6 Å². The first-order valence-electron chi connectivity index (χ1n) is 8.79. The lowest BCUT2D eigenvalue weighted by Gasteiger charge is -2.30. The van der Waals surface area contributed by atoms with E-state index in [4.69, 9.17) is 0 Å². The van der Waals surface area contributed by atoms with Crippen molar-refractivity contribution in [2.45, 2.75) is 6.54 Å². The molecule has 1 aliphatic heterocycles. The Hall–Kier alpha value is -2.99. The zero-order valence-corrected chi connectivity index (χ0v) is 14.6. The number of piperazine rings is 1. The highest BCUT2D eigenvalue weighted by atomic mass is 16.6. The van der Waals surface area contributed by atoms with E-state index in [-0.39, 0.29) is 10.6 Å². The highest BCUT2D eigenvalue weighted by molar-refractivity contribution is 5.79. The van der Waals surface area contributed by atoms with Crippen LogP contribution in [-0.2, 0) is 6.54 Å². The van der Waals surface area contributed by atoms with Crippen LogP contribution in [0.3, 0.4) is 0 Å². The summed E-state index contributed by atoms with van der Waals surface area (Å²) in [5.74, 6) is 0. The predicted octanol–water partition coefficient (Wildman–Crippen LogP) is 1.99. The SMILES string of the molecule is O=[N+]([O-])c1ccccc1/C=C\C=N/N1CC[NH+](Cc2ccccc2)CC1. The molecule has 1 N–H and O–H groups in total. The van der Waals surface area contributed by atoms with E-state index in [1.54, 1.807) is 41.5 Å². The minimum Gasteiger partial charge on any atom is -0.328 e. The fourth-order valence-corrected chi connectivity index (χ4v) is 3.06. The van der Waals surface area contributed by atoms with Crippen molar-refractivity contribution in [1.82, 2.24) is 5.01 Å². The first kappa shape index (κ1) is 17.8. The second-order valence-corrected chi connectivity index (χ2v) is 6.31. The third kappa shape index (κ3) is 5.00. The Bertz CT molecular complexity index is 781. The lowest BCUT2D eigenvalue weighted by atomic mass is 10.1. The van der Waals surface area contributed by atoms with Gasteiger partial charge in [0.15, 0.2) is 0 Å². The zero-order valence-electron chi connectivity index (χ0n) is 14.6. The average molecular weight is 351 g/mol. The van der Waals surface area contributed by atoms with E-state index in [0.29, 0.717) is 5.56 Å². The summed E-state index contributed by atoms with van der Waals surface area (Å²) in [6, 6.07) is 17.2. The Morgan fingerprint density at radius 1 is 1.08 bits per heavy atom. The summed E-state index contributed by atoms with van der Waals surface area (Å²) in [4.78, 5) is 12.2. The van der Waals surface area contributed by atoms with Crippen LogP contribution in [0.5, 0.6) is 0 Å². The van der Waals surface area contributed by atoms with Gasteiger partial charge in [0.05, 0.1) is 36.7 Å². The van der Waals surface area contributed by atoms with Crippen LogP contribution in [0, 0.1) is 10.1 Å². The van der Waals surface area contributed by atoms with Crippen LogP contribution >= 0.6 is 0 Å². The van der Waals surface area contributed by atoms with Crippen LogP contribution in [-0.4, -0.2) is 42.3 Å². The largest absolute Gasteiger partial charge is 0.328 e. The maximum atomic E-state index is 11.0. The van der Waals surface area contributed by atoms with Crippen LogP contribution in [0.1, 0.15) is 11.1 Å². The Morgan fingerprint density at radius 2 is 1.77 bits per heavy atom. The van der Waals surface area contributed by atoms with Crippen molar-refractivity contribution in [3.8, 4) is 0 Å². The van der Waals surface area contributed by atoms with E-state index in [0.717, 1.165) is 32.7 Å². The highest BCUT2D eigenvalue weighted by Gasteiger charge is 2.18. The minimum absolute atomic E-state index is 0.107. The van der Waals surface area contributed by atoms with E-state index in [9.17, 15) is 10.1 Å². The lowest BCUT2D eigenvalue weighted by Crippen LogP contribution is -3.13. The monoisotopic (exact) mass is 351 g/mol. The maximum Gasteiger partial charge on any atom is 0.276 e. The molecule has 3 rings (SSSR count). The first-order valence-corrected chi connectivity index (χ1v) is 8.79. The first-order chi connectivity index (χ1) is 12.7. The smallest absolute Gasteiger partial charge is 0.276 e. The Balaban J connectivity index is 1.48. The molecule has 0 aliphatic carbocycles. The second-order valence-electron chi connectivity index (χ2n) is 6.31. The molecule has 0 aromatic heterocycles.